The lowest BCUT2D eigenvalue weighted by Gasteiger charge is -2.12. The first-order valence-corrected chi connectivity index (χ1v) is 18.8. The number of hydrogen-bond acceptors (Lipinski definition) is 8. The van der Waals surface area contributed by atoms with E-state index in [2.05, 4.69) is 91.8 Å². The standard InChI is InChI=1S/C30H30S8/c1-15-16(2)32-27(31-15)13-25(29-35-19(5)20(6)36-29)23-9-11-24(12-10-23)26(30-37-21(7)22(8)38-30)14-28-33-17(3)18(4)34-28/h9-14H,1-8H3. The molecule has 0 spiro atoms. The quantitative estimate of drug-likeness (QED) is 0.313. The fourth-order valence-corrected chi connectivity index (χ4v) is 13.7. The second-order valence-corrected chi connectivity index (χ2v) is 20.1. The average molecular weight is 647 g/mol. The summed E-state index contributed by atoms with van der Waals surface area (Å²) in [5.74, 6) is 0. The van der Waals surface area contributed by atoms with E-state index in [4.69, 9.17) is 0 Å². The Balaban J connectivity index is 1.52. The molecule has 38 heavy (non-hydrogen) atoms. The number of rotatable bonds is 4. The van der Waals surface area contributed by atoms with Gasteiger partial charge in [-0.25, -0.2) is 0 Å². The van der Waals surface area contributed by atoms with Gasteiger partial charge < -0.3 is 0 Å². The summed E-state index contributed by atoms with van der Waals surface area (Å²) in [6.07, 6.45) is 4.82. The molecule has 0 amide bonds. The van der Waals surface area contributed by atoms with E-state index in [-0.39, 0.29) is 0 Å². The van der Waals surface area contributed by atoms with Crippen LogP contribution < -0.4 is 0 Å². The largest absolute Gasteiger partial charge is 0.0866 e. The zero-order chi connectivity index (χ0) is 27.1. The van der Waals surface area contributed by atoms with Gasteiger partial charge in [-0.1, -0.05) is 118 Å². The SMILES string of the molecule is CC1=C(C)SC(=CC(=C2SC(C)=C(C)S2)c2ccc(C(C=C3SC(C)=C(C)S3)=C3SC(C)=C(C)S3)cc2)S1. The lowest BCUT2D eigenvalue weighted by Crippen LogP contribution is -1.89. The first kappa shape index (κ1) is 29.4. The molecule has 0 bridgehead atoms. The molecule has 0 atom stereocenters. The van der Waals surface area contributed by atoms with Crippen LogP contribution in [-0.4, -0.2) is 0 Å². The van der Waals surface area contributed by atoms with Crippen molar-refractivity contribution in [3.8, 4) is 0 Å². The topological polar surface area (TPSA) is 0 Å². The van der Waals surface area contributed by atoms with Crippen LogP contribution in [0.2, 0.25) is 0 Å². The van der Waals surface area contributed by atoms with Crippen molar-refractivity contribution in [2.75, 3.05) is 0 Å². The van der Waals surface area contributed by atoms with Crippen LogP contribution in [0.15, 0.2) is 92.6 Å². The van der Waals surface area contributed by atoms with Crippen LogP contribution in [0.4, 0.5) is 0 Å². The van der Waals surface area contributed by atoms with Gasteiger partial charge in [0.2, 0.25) is 0 Å². The van der Waals surface area contributed by atoms with Gasteiger partial charge in [-0.3, -0.25) is 0 Å². The Hall–Kier alpha value is -0.0600. The highest BCUT2D eigenvalue weighted by atomic mass is 32.2. The van der Waals surface area contributed by atoms with Crippen LogP contribution >= 0.6 is 94.1 Å². The van der Waals surface area contributed by atoms with Gasteiger partial charge in [-0.05, 0) is 118 Å². The molecule has 0 N–H and O–H groups in total. The Kier molecular flexibility index (Phi) is 9.63. The van der Waals surface area contributed by atoms with Crippen molar-refractivity contribution < 1.29 is 0 Å². The van der Waals surface area contributed by atoms with E-state index in [0.29, 0.717) is 0 Å². The molecule has 0 aliphatic carbocycles. The fraction of sp³-hybridized carbons (Fsp3) is 0.267. The molecule has 0 saturated heterocycles. The van der Waals surface area contributed by atoms with Gasteiger partial charge in [0.25, 0.3) is 0 Å². The Bertz CT molecular complexity index is 1280. The minimum atomic E-state index is 1.29. The monoisotopic (exact) mass is 646 g/mol. The minimum Gasteiger partial charge on any atom is -0.0866 e. The number of hydrogen-bond donors (Lipinski definition) is 0. The van der Waals surface area contributed by atoms with Crippen molar-refractivity contribution in [1.82, 2.24) is 0 Å². The highest BCUT2D eigenvalue weighted by Crippen LogP contribution is 2.56. The molecule has 0 fully saturated rings. The van der Waals surface area contributed by atoms with Gasteiger partial charge in [0, 0.05) is 19.6 Å². The maximum atomic E-state index is 2.41. The molecule has 4 heterocycles. The van der Waals surface area contributed by atoms with Crippen LogP contribution in [0.25, 0.3) is 11.1 Å². The highest BCUT2D eigenvalue weighted by Gasteiger charge is 2.24. The predicted molar refractivity (Wildman–Crippen MR) is 191 cm³/mol. The van der Waals surface area contributed by atoms with E-state index in [1.807, 2.05) is 94.1 Å². The van der Waals surface area contributed by atoms with Crippen molar-refractivity contribution in [2.24, 2.45) is 0 Å². The zero-order valence-corrected chi connectivity index (χ0v) is 29.3. The average Bonchev–Trinajstić information content (AvgIpc) is 3.59. The molecule has 0 saturated carbocycles. The van der Waals surface area contributed by atoms with Crippen LogP contribution in [0.5, 0.6) is 0 Å². The molecule has 4 aliphatic heterocycles. The van der Waals surface area contributed by atoms with E-state index < -0.39 is 0 Å². The normalized spacial score (nSPS) is 20.2. The number of thioether (sulfide) groups is 8. The molecular weight excluding hydrogens is 617 g/mol. The third kappa shape index (κ3) is 6.53. The first-order valence-electron chi connectivity index (χ1n) is 12.2. The summed E-state index contributed by atoms with van der Waals surface area (Å²) in [4.78, 5) is 11.3. The van der Waals surface area contributed by atoms with E-state index in [1.165, 1.54) is 78.5 Å². The van der Waals surface area contributed by atoms with Crippen LogP contribution in [0.3, 0.4) is 0 Å². The third-order valence-electron chi connectivity index (χ3n) is 6.45. The maximum Gasteiger partial charge on any atom is 0.0571 e. The molecular formula is C30H30S8. The van der Waals surface area contributed by atoms with Gasteiger partial charge >= 0.3 is 0 Å². The van der Waals surface area contributed by atoms with Gasteiger partial charge in [0.1, 0.15) is 0 Å². The molecule has 0 unspecified atom stereocenters. The summed E-state index contributed by atoms with van der Waals surface area (Å²) in [6.45, 7) is 17.9. The van der Waals surface area contributed by atoms with Crippen molar-refractivity contribution in [2.45, 2.75) is 55.4 Å². The summed E-state index contributed by atoms with van der Waals surface area (Å²) in [7, 11) is 0. The van der Waals surface area contributed by atoms with Crippen molar-refractivity contribution in [3.63, 3.8) is 0 Å². The summed E-state index contributed by atoms with van der Waals surface area (Å²) in [5, 5.41) is 0. The van der Waals surface area contributed by atoms with E-state index in [9.17, 15) is 0 Å². The van der Waals surface area contributed by atoms with Gasteiger partial charge in [-0.15, -0.1) is 0 Å². The van der Waals surface area contributed by atoms with Crippen molar-refractivity contribution >= 4 is 105 Å². The lowest BCUT2D eigenvalue weighted by molar-refractivity contribution is 1.57. The smallest absolute Gasteiger partial charge is 0.0571 e. The molecule has 5 rings (SSSR count). The van der Waals surface area contributed by atoms with Crippen LogP contribution in [-0.2, 0) is 0 Å². The van der Waals surface area contributed by atoms with E-state index >= 15 is 0 Å². The molecule has 1 aromatic rings. The summed E-state index contributed by atoms with van der Waals surface area (Å²) in [5.41, 5.74) is 5.25. The Morgan fingerprint density at radius 2 is 0.632 bits per heavy atom. The fourth-order valence-electron chi connectivity index (χ4n) is 3.74. The molecule has 8 heteroatoms. The molecule has 0 radical (unpaired) electrons. The van der Waals surface area contributed by atoms with Crippen LogP contribution in [0, 0.1) is 0 Å². The zero-order valence-electron chi connectivity index (χ0n) is 22.7. The maximum absolute atomic E-state index is 2.41. The second kappa shape index (κ2) is 12.4. The Morgan fingerprint density at radius 3 is 0.895 bits per heavy atom. The predicted octanol–water partition coefficient (Wildman–Crippen LogP) is 13.6. The van der Waals surface area contributed by atoms with Gasteiger partial charge in [0.05, 0.1) is 8.47 Å². The number of allylic oxidation sites excluding steroid dienone is 12. The summed E-state index contributed by atoms with van der Waals surface area (Å²) < 4.78 is 5.51. The Morgan fingerprint density at radius 1 is 0.395 bits per heavy atom. The van der Waals surface area contributed by atoms with Crippen molar-refractivity contribution in [1.29, 1.82) is 0 Å². The molecule has 4 aliphatic rings. The molecule has 198 valence electrons. The van der Waals surface area contributed by atoms with Gasteiger partial charge in [0.15, 0.2) is 0 Å². The van der Waals surface area contributed by atoms with Gasteiger partial charge in [-0.2, -0.15) is 0 Å². The van der Waals surface area contributed by atoms with Crippen molar-refractivity contribution in [3.05, 3.63) is 104 Å². The lowest BCUT2D eigenvalue weighted by atomic mass is 10.0. The minimum absolute atomic E-state index is 1.29. The molecule has 1 aromatic carbocycles. The van der Waals surface area contributed by atoms with E-state index in [0.717, 1.165) is 0 Å². The number of benzene rings is 1. The third-order valence-corrected chi connectivity index (χ3v) is 16.8. The summed E-state index contributed by atoms with van der Waals surface area (Å²) >= 11 is 15.3. The molecule has 0 nitrogen and oxygen atoms in total. The highest BCUT2D eigenvalue weighted by molar-refractivity contribution is 8.30. The summed E-state index contributed by atoms with van der Waals surface area (Å²) in [6, 6.07) is 9.32. The van der Waals surface area contributed by atoms with E-state index in [1.54, 1.807) is 0 Å². The first-order chi connectivity index (χ1) is 18.1. The second-order valence-electron chi connectivity index (χ2n) is 9.17. The molecule has 0 aromatic heterocycles. The Labute approximate surface area is 262 Å². The van der Waals surface area contributed by atoms with Crippen LogP contribution in [0.1, 0.15) is 66.5 Å².